The quantitative estimate of drug-likeness (QED) is 0.354. The molecule has 0 saturated heterocycles. The molecule has 2 aromatic carbocycles. The number of nitrogens with zero attached hydrogens (tertiary/aromatic N) is 2. The first-order chi connectivity index (χ1) is 16.8. The van der Waals surface area contributed by atoms with Gasteiger partial charge >= 0.3 is 233 Å². The Labute approximate surface area is 232 Å². The number of aryl methyl sites for hydroxylation is 2. The van der Waals surface area contributed by atoms with Crippen molar-refractivity contribution in [2.24, 2.45) is 0 Å². The van der Waals surface area contributed by atoms with E-state index in [1.54, 1.807) is 8.79 Å². The molecule has 0 aromatic heterocycles. The second-order valence-electron chi connectivity index (χ2n) is 14.2. The van der Waals surface area contributed by atoms with Crippen LogP contribution >= 0.6 is 0 Å². The molecule has 3 rings (SSSR count). The third kappa shape index (κ3) is 4.70. The van der Waals surface area contributed by atoms with Gasteiger partial charge in [-0.15, -0.1) is 0 Å². The van der Waals surface area contributed by atoms with Gasteiger partial charge < -0.3 is 0 Å². The van der Waals surface area contributed by atoms with Gasteiger partial charge in [-0.05, 0) is 0 Å². The van der Waals surface area contributed by atoms with Crippen LogP contribution in [0.25, 0.3) is 0 Å². The maximum absolute atomic E-state index is 3.52. The molecule has 0 unspecified atom stereocenters. The molecular formula is C34H54GeN2. The number of hydrogen-bond acceptors (Lipinski definition) is 2. The Morgan fingerprint density at radius 3 is 1.08 bits per heavy atom. The maximum atomic E-state index is 2.85. The first kappa shape index (κ1) is 29.9. The van der Waals surface area contributed by atoms with Crippen LogP contribution in [0.15, 0.2) is 24.5 Å². The van der Waals surface area contributed by atoms with Gasteiger partial charge in [-0.2, -0.15) is 0 Å². The second kappa shape index (κ2) is 9.81. The van der Waals surface area contributed by atoms with E-state index in [0.29, 0.717) is 12.1 Å². The fourth-order valence-electron chi connectivity index (χ4n) is 6.47. The zero-order valence-corrected chi connectivity index (χ0v) is 29.0. The summed E-state index contributed by atoms with van der Waals surface area (Å²) < 4.78 is 9.00. The van der Waals surface area contributed by atoms with E-state index in [9.17, 15) is 0 Å². The third-order valence-corrected chi connectivity index (χ3v) is 20.4. The van der Waals surface area contributed by atoms with E-state index in [-0.39, 0.29) is 10.8 Å². The van der Waals surface area contributed by atoms with Gasteiger partial charge in [0.05, 0.1) is 0 Å². The monoisotopic (exact) mass is 564 g/mol. The molecule has 0 amide bonds. The van der Waals surface area contributed by atoms with Crippen molar-refractivity contribution in [3.8, 4) is 0 Å². The summed E-state index contributed by atoms with van der Waals surface area (Å²) in [7, 11) is 0. The van der Waals surface area contributed by atoms with Crippen LogP contribution in [0.3, 0.4) is 0 Å². The van der Waals surface area contributed by atoms with Crippen LogP contribution in [0.5, 0.6) is 0 Å². The van der Waals surface area contributed by atoms with Crippen LogP contribution in [-0.4, -0.2) is 33.5 Å². The molecule has 1 aliphatic heterocycles. The molecule has 3 heteroatoms. The molecule has 37 heavy (non-hydrogen) atoms. The zero-order chi connectivity index (χ0) is 28.4. The van der Waals surface area contributed by atoms with Crippen molar-refractivity contribution in [1.82, 2.24) is 7.71 Å². The van der Waals surface area contributed by atoms with Gasteiger partial charge in [0.2, 0.25) is 0 Å². The molecule has 2 aromatic rings. The Morgan fingerprint density at radius 1 is 0.541 bits per heavy atom. The average molecular weight is 563 g/mol. The van der Waals surface area contributed by atoms with E-state index >= 15 is 0 Å². The molecule has 2 nitrogen and oxygen atoms in total. The van der Waals surface area contributed by atoms with Crippen LogP contribution in [0.2, 0.25) is 0 Å². The molecule has 0 fully saturated rings. The average Bonchev–Trinajstić information content (AvgIpc) is 3.15. The molecule has 1 aliphatic rings. The van der Waals surface area contributed by atoms with Gasteiger partial charge in [-0.3, -0.25) is 0 Å². The van der Waals surface area contributed by atoms with Crippen molar-refractivity contribution in [1.29, 1.82) is 0 Å². The zero-order valence-electron chi connectivity index (χ0n) is 26.9. The van der Waals surface area contributed by atoms with Crippen LogP contribution in [0, 0.1) is 41.5 Å². The van der Waals surface area contributed by atoms with Gasteiger partial charge in [0.1, 0.15) is 0 Å². The second-order valence-corrected chi connectivity index (χ2v) is 21.3. The standard InChI is InChI=1S/C34H54GeN2/c1-21(2)36-17-18-37(22(3)4)35(36,31-27(9)25(7)23(5)19-29(31)33(11,12)13)32-28(10)26(8)24(6)20-30(32)34(14,15)16/h17-22H,1-16H3. The first-order valence-electron chi connectivity index (χ1n) is 14.3. The molecule has 0 N–H and O–H groups in total. The summed E-state index contributed by atoms with van der Waals surface area (Å²) >= 11 is -3.52. The predicted octanol–water partition coefficient (Wildman–Crippen LogP) is 7.59. The molecule has 0 bridgehead atoms. The third-order valence-electron chi connectivity index (χ3n) is 8.88. The van der Waals surface area contributed by atoms with Gasteiger partial charge in [-0.1, -0.05) is 0 Å². The molecule has 1 heterocycles. The molecule has 0 aliphatic carbocycles. The van der Waals surface area contributed by atoms with Crippen LogP contribution in [0.4, 0.5) is 0 Å². The molecule has 0 spiro atoms. The summed E-state index contributed by atoms with van der Waals surface area (Å²) in [5.74, 6) is 0. The van der Waals surface area contributed by atoms with Gasteiger partial charge in [-0.25, -0.2) is 0 Å². The van der Waals surface area contributed by atoms with Crippen molar-refractivity contribution in [3.63, 3.8) is 0 Å². The predicted molar refractivity (Wildman–Crippen MR) is 167 cm³/mol. The van der Waals surface area contributed by atoms with Crippen molar-refractivity contribution < 1.29 is 0 Å². The van der Waals surface area contributed by atoms with Gasteiger partial charge in [0, 0.05) is 0 Å². The normalized spacial score (nSPS) is 16.1. The first-order valence-corrected chi connectivity index (χ1v) is 18.3. The molecule has 0 radical (unpaired) electrons. The Balaban J connectivity index is 2.79. The fraction of sp³-hybridized carbons (Fsp3) is 0.588. The van der Waals surface area contributed by atoms with Crippen molar-refractivity contribution in [2.75, 3.05) is 0 Å². The SMILES string of the molecule is Cc1cc(C(C)(C)C)[c]([Ge]2([c]3c(C(C)(C)C)cc(C)c(C)c3C)[N](C(C)C)C=C[N]2C(C)C)c(C)c1C. The van der Waals surface area contributed by atoms with E-state index in [1.807, 2.05) is 0 Å². The number of rotatable bonds is 4. The summed E-state index contributed by atoms with van der Waals surface area (Å²) in [6.45, 7) is 38.2. The number of hydrogen-bond donors (Lipinski definition) is 0. The van der Waals surface area contributed by atoms with Gasteiger partial charge in [0.15, 0.2) is 0 Å². The van der Waals surface area contributed by atoms with E-state index in [2.05, 4.69) is 143 Å². The Kier molecular flexibility index (Phi) is 7.92. The number of benzene rings is 2. The van der Waals surface area contributed by atoms with Gasteiger partial charge in [0.25, 0.3) is 0 Å². The fourth-order valence-corrected chi connectivity index (χ4v) is 20.5. The van der Waals surface area contributed by atoms with E-state index in [1.165, 1.54) is 44.5 Å². The van der Waals surface area contributed by atoms with Crippen molar-refractivity contribution in [3.05, 3.63) is 69.0 Å². The Bertz CT molecular complexity index is 1120. The molecular weight excluding hydrogens is 509 g/mol. The molecule has 204 valence electrons. The molecule has 0 saturated carbocycles. The Morgan fingerprint density at radius 2 is 0.838 bits per heavy atom. The Hall–Kier alpha value is -1.68. The topological polar surface area (TPSA) is 6.48 Å². The molecule has 0 atom stereocenters. The summed E-state index contributed by atoms with van der Waals surface area (Å²) in [5, 5.41) is 0. The minimum atomic E-state index is -3.52. The minimum absolute atomic E-state index is 0.0419. The summed E-state index contributed by atoms with van der Waals surface area (Å²) in [6.07, 6.45) is 4.90. The summed E-state index contributed by atoms with van der Waals surface area (Å²) in [5.41, 5.74) is 11.9. The van der Waals surface area contributed by atoms with Crippen LogP contribution in [-0.2, 0) is 10.8 Å². The van der Waals surface area contributed by atoms with Crippen LogP contribution in [0.1, 0.15) is 114 Å². The summed E-state index contributed by atoms with van der Waals surface area (Å²) in [4.78, 5) is 0. The van der Waals surface area contributed by atoms with Crippen molar-refractivity contribution in [2.45, 2.75) is 134 Å². The van der Waals surface area contributed by atoms with E-state index in [4.69, 9.17) is 0 Å². The van der Waals surface area contributed by atoms with Crippen molar-refractivity contribution >= 4 is 22.5 Å². The van der Waals surface area contributed by atoms with E-state index < -0.39 is 13.7 Å². The van der Waals surface area contributed by atoms with Crippen LogP contribution < -0.4 is 8.79 Å². The van der Waals surface area contributed by atoms with E-state index in [0.717, 1.165) is 0 Å². The summed E-state index contributed by atoms with van der Waals surface area (Å²) in [6, 6.07) is 5.88.